The van der Waals surface area contributed by atoms with Gasteiger partial charge in [0.25, 0.3) is 0 Å². The van der Waals surface area contributed by atoms with Gasteiger partial charge < -0.3 is 15.5 Å². The van der Waals surface area contributed by atoms with Gasteiger partial charge in [-0.25, -0.2) is 0 Å². The molecule has 2 rings (SSSR count). The fourth-order valence-electron chi connectivity index (χ4n) is 2.11. The number of hydrogen-bond acceptors (Lipinski definition) is 3. The van der Waals surface area contributed by atoms with E-state index in [2.05, 4.69) is 33.1 Å². The molecule has 0 radical (unpaired) electrons. The Labute approximate surface area is 164 Å². The number of nitrogens with zero attached hydrogens (tertiary/aromatic N) is 2. The van der Waals surface area contributed by atoms with Crippen molar-refractivity contribution < 1.29 is 4.79 Å². The van der Waals surface area contributed by atoms with E-state index in [9.17, 15) is 4.79 Å². The van der Waals surface area contributed by atoms with Crippen LogP contribution in [0.5, 0.6) is 0 Å². The maximum absolute atomic E-state index is 12.0. The smallest absolute Gasteiger partial charge is 0.243 e. The van der Waals surface area contributed by atoms with E-state index in [-0.39, 0.29) is 36.4 Å². The van der Waals surface area contributed by atoms with E-state index < -0.39 is 0 Å². The molecule has 1 heterocycles. The summed E-state index contributed by atoms with van der Waals surface area (Å²) in [5.74, 6) is 0.619. The highest BCUT2D eigenvalue weighted by molar-refractivity contribution is 14.0. The quantitative estimate of drug-likeness (QED) is 0.398. The van der Waals surface area contributed by atoms with E-state index in [1.807, 2.05) is 42.3 Å². The number of hydrogen-bond donors (Lipinski definition) is 2. The van der Waals surface area contributed by atoms with Gasteiger partial charge in [-0.1, -0.05) is 24.3 Å². The number of guanidine groups is 1. The third kappa shape index (κ3) is 6.88. The molecular formula is C17H23IN4OS. The lowest BCUT2D eigenvalue weighted by molar-refractivity contribution is -0.115. The van der Waals surface area contributed by atoms with Crippen LogP contribution >= 0.6 is 35.3 Å². The number of likely N-dealkylation sites (N-methyl/N-ethyl adjacent to an activating group) is 1. The fraction of sp³-hybridized carbons (Fsp3) is 0.294. The van der Waals surface area contributed by atoms with Crippen molar-refractivity contribution in [1.29, 1.82) is 0 Å². The van der Waals surface area contributed by atoms with Crippen molar-refractivity contribution in [1.82, 2.24) is 10.2 Å². The van der Waals surface area contributed by atoms with Gasteiger partial charge in [-0.2, -0.15) is 0 Å². The predicted octanol–water partition coefficient (Wildman–Crippen LogP) is 3.05. The second-order valence-electron chi connectivity index (χ2n) is 5.07. The number of aliphatic imine (C=N–C) groups is 1. The molecule has 0 saturated heterocycles. The summed E-state index contributed by atoms with van der Waals surface area (Å²) in [4.78, 5) is 19.5. The Bertz CT molecular complexity index is 631. The van der Waals surface area contributed by atoms with Crippen LogP contribution in [0.2, 0.25) is 0 Å². The topological polar surface area (TPSA) is 56.7 Å². The SMILES string of the molecule is CN=C(NCC(=O)Nc1ccccc1)N(C)CCc1cccs1.I. The summed E-state index contributed by atoms with van der Waals surface area (Å²) in [6.45, 7) is 1.03. The van der Waals surface area contributed by atoms with Gasteiger partial charge in [-0.3, -0.25) is 9.79 Å². The molecule has 1 amide bonds. The maximum atomic E-state index is 12.0. The number of rotatable bonds is 6. The van der Waals surface area contributed by atoms with Gasteiger partial charge in [-0.15, -0.1) is 35.3 Å². The van der Waals surface area contributed by atoms with E-state index >= 15 is 0 Å². The summed E-state index contributed by atoms with van der Waals surface area (Å²) in [7, 11) is 3.69. The molecule has 0 bridgehead atoms. The van der Waals surface area contributed by atoms with Gasteiger partial charge in [-0.05, 0) is 30.0 Å². The zero-order valence-electron chi connectivity index (χ0n) is 13.9. The molecule has 2 N–H and O–H groups in total. The number of para-hydroxylation sites is 1. The Morgan fingerprint density at radius 2 is 1.96 bits per heavy atom. The van der Waals surface area contributed by atoms with E-state index in [0.717, 1.165) is 18.7 Å². The Kier molecular flexibility index (Phi) is 9.39. The number of carbonyl (C=O) groups excluding carboxylic acids is 1. The van der Waals surface area contributed by atoms with Crippen molar-refractivity contribution in [3.63, 3.8) is 0 Å². The number of benzene rings is 1. The molecule has 2 aromatic rings. The molecule has 24 heavy (non-hydrogen) atoms. The lowest BCUT2D eigenvalue weighted by Crippen LogP contribution is -2.43. The van der Waals surface area contributed by atoms with Crippen LogP contribution in [0.4, 0.5) is 5.69 Å². The van der Waals surface area contributed by atoms with Crippen molar-refractivity contribution in [2.24, 2.45) is 4.99 Å². The molecule has 0 atom stereocenters. The van der Waals surface area contributed by atoms with Crippen molar-refractivity contribution >= 4 is 52.9 Å². The van der Waals surface area contributed by atoms with Gasteiger partial charge in [0.15, 0.2) is 5.96 Å². The number of thiophene rings is 1. The average Bonchev–Trinajstić information content (AvgIpc) is 3.08. The molecule has 0 aliphatic heterocycles. The highest BCUT2D eigenvalue weighted by Crippen LogP contribution is 2.09. The molecule has 0 spiro atoms. The summed E-state index contributed by atoms with van der Waals surface area (Å²) in [5.41, 5.74) is 0.792. The Morgan fingerprint density at radius 1 is 1.21 bits per heavy atom. The first-order valence-electron chi connectivity index (χ1n) is 7.48. The van der Waals surface area contributed by atoms with E-state index in [1.54, 1.807) is 18.4 Å². The van der Waals surface area contributed by atoms with Gasteiger partial charge in [0.1, 0.15) is 0 Å². The van der Waals surface area contributed by atoms with E-state index in [4.69, 9.17) is 0 Å². The van der Waals surface area contributed by atoms with Crippen LogP contribution in [0.1, 0.15) is 4.88 Å². The first-order valence-corrected chi connectivity index (χ1v) is 8.36. The van der Waals surface area contributed by atoms with Crippen LogP contribution in [0, 0.1) is 0 Å². The maximum Gasteiger partial charge on any atom is 0.243 e. The van der Waals surface area contributed by atoms with Gasteiger partial charge in [0.05, 0.1) is 6.54 Å². The lowest BCUT2D eigenvalue weighted by Gasteiger charge is -2.21. The van der Waals surface area contributed by atoms with Crippen LogP contribution in [0.15, 0.2) is 52.8 Å². The highest BCUT2D eigenvalue weighted by atomic mass is 127. The third-order valence-electron chi connectivity index (χ3n) is 3.31. The van der Waals surface area contributed by atoms with E-state index in [1.165, 1.54) is 4.88 Å². The second-order valence-corrected chi connectivity index (χ2v) is 6.10. The molecule has 7 heteroatoms. The zero-order valence-corrected chi connectivity index (χ0v) is 17.0. The molecule has 0 saturated carbocycles. The lowest BCUT2D eigenvalue weighted by atomic mass is 10.3. The Hall–Kier alpha value is -1.61. The molecule has 0 unspecified atom stereocenters. The van der Waals surface area contributed by atoms with Crippen LogP contribution < -0.4 is 10.6 Å². The minimum Gasteiger partial charge on any atom is -0.347 e. The van der Waals surface area contributed by atoms with Crippen LogP contribution in [-0.2, 0) is 11.2 Å². The fourth-order valence-corrected chi connectivity index (χ4v) is 2.81. The summed E-state index contributed by atoms with van der Waals surface area (Å²) in [5, 5.41) is 8.01. The largest absolute Gasteiger partial charge is 0.347 e. The zero-order chi connectivity index (χ0) is 16.5. The van der Waals surface area contributed by atoms with E-state index in [0.29, 0.717) is 5.96 Å². The van der Waals surface area contributed by atoms with Crippen molar-refractivity contribution in [2.45, 2.75) is 6.42 Å². The normalized spacial score (nSPS) is 10.7. The summed E-state index contributed by atoms with van der Waals surface area (Å²) >= 11 is 1.75. The molecule has 5 nitrogen and oxygen atoms in total. The van der Waals surface area contributed by atoms with Gasteiger partial charge in [0.2, 0.25) is 5.91 Å². The Morgan fingerprint density at radius 3 is 2.58 bits per heavy atom. The van der Waals surface area contributed by atoms with Gasteiger partial charge >= 0.3 is 0 Å². The summed E-state index contributed by atoms with van der Waals surface area (Å²) < 4.78 is 0. The molecule has 130 valence electrons. The summed E-state index contributed by atoms with van der Waals surface area (Å²) in [6, 6.07) is 13.6. The van der Waals surface area contributed by atoms with Crippen LogP contribution in [0.25, 0.3) is 0 Å². The van der Waals surface area contributed by atoms with Crippen LogP contribution in [-0.4, -0.2) is 44.0 Å². The molecule has 0 fully saturated rings. The number of halogens is 1. The van der Waals surface area contributed by atoms with Crippen molar-refractivity contribution in [2.75, 3.05) is 32.5 Å². The number of carbonyl (C=O) groups is 1. The first kappa shape index (κ1) is 20.4. The Balaban J connectivity index is 0.00000288. The predicted molar refractivity (Wildman–Crippen MR) is 113 cm³/mol. The van der Waals surface area contributed by atoms with Crippen molar-refractivity contribution in [3.05, 3.63) is 52.7 Å². The molecular weight excluding hydrogens is 435 g/mol. The molecule has 0 aliphatic rings. The average molecular weight is 458 g/mol. The number of anilines is 1. The minimum atomic E-state index is -0.0935. The van der Waals surface area contributed by atoms with Gasteiger partial charge in [0, 0.05) is 31.2 Å². The second kappa shape index (κ2) is 11.0. The third-order valence-corrected chi connectivity index (χ3v) is 4.25. The molecule has 1 aromatic heterocycles. The molecule has 0 aliphatic carbocycles. The number of amides is 1. The standard InChI is InChI=1S/C17H22N4OS.HI/c1-18-17(21(2)11-10-15-9-6-12-23-15)19-13-16(22)20-14-7-4-3-5-8-14;/h3-9,12H,10-11,13H2,1-2H3,(H,18,19)(H,20,22);1H. The highest BCUT2D eigenvalue weighted by Gasteiger charge is 2.08. The first-order chi connectivity index (χ1) is 11.2. The summed E-state index contributed by atoms with van der Waals surface area (Å²) in [6.07, 6.45) is 0.963. The minimum absolute atomic E-state index is 0. The number of nitrogens with one attached hydrogen (secondary N) is 2. The van der Waals surface area contributed by atoms with Crippen molar-refractivity contribution in [3.8, 4) is 0 Å². The monoisotopic (exact) mass is 458 g/mol. The molecule has 1 aromatic carbocycles. The van der Waals surface area contributed by atoms with Crippen LogP contribution in [0.3, 0.4) is 0 Å².